The minimum absolute atomic E-state index is 0.706. The normalized spacial score (nSPS) is 14.4. The Morgan fingerprint density at radius 2 is 1.71 bits per heavy atom. The highest BCUT2D eigenvalue weighted by Crippen LogP contribution is 2.07. The summed E-state index contributed by atoms with van der Waals surface area (Å²) in [4.78, 5) is 31.8. The van der Waals surface area contributed by atoms with Gasteiger partial charge in [0.25, 0.3) is 0 Å². The molecular weight excluding hydrogens is 194 g/mol. The van der Waals surface area contributed by atoms with E-state index in [1.165, 1.54) is 0 Å². The molecule has 0 fully saturated rings. The van der Waals surface area contributed by atoms with E-state index in [0.29, 0.717) is 0 Å². The van der Waals surface area contributed by atoms with Gasteiger partial charge < -0.3 is 21.1 Å². The SMILES string of the molecule is N[C@@H](CO)C(=O)C(CC(=O)O)C(=O)O. The highest BCUT2D eigenvalue weighted by Gasteiger charge is 2.32. The maximum absolute atomic E-state index is 11.1. The summed E-state index contributed by atoms with van der Waals surface area (Å²) in [5.41, 5.74) is 5.08. The Balaban J connectivity index is 4.57. The number of carboxylic acid groups (broad SMARTS) is 2. The van der Waals surface area contributed by atoms with Crippen LogP contribution >= 0.6 is 0 Å². The molecule has 14 heavy (non-hydrogen) atoms. The largest absolute Gasteiger partial charge is 0.481 e. The van der Waals surface area contributed by atoms with Gasteiger partial charge in [0.15, 0.2) is 5.78 Å². The first-order valence-corrected chi connectivity index (χ1v) is 3.75. The van der Waals surface area contributed by atoms with E-state index in [0.717, 1.165) is 0 Å². The van der Waals surface area contributed by atoms with Gasteiger partial charge in [0.2, 0.25) is 0 Å². The van der Waals surface area contributed by atoms with Gasteiger partial charge in [-0.25, -0.2) is 0 Å². The molecule has 0 aliphatic heterocycles. The Labute approximate surface area is 79.1 Å². The van der Waals surface area contributed by atoms with E-state index >= 15 is 0 Å². The molecule has 5 N–H and O–H groups in total. The second-order valence-corrected chi connectivity index (χ2v) is 2.68. The van der Waals surface area contributed by atoms with Crippen molar-refractivity contribution in [1.29, 1.82) is 0 Å². The first kappa shape index (κ1) is 12.5. The van der Waals surface area contributed by atoms with E-state index in [1.807, 2.05) is 0 Å². The molecule has 0 bridgehead atoms. The molecule has 0 saturated carbocycles. The molecule has 0 aliphatic rings. The van der Waals surface area contributed by atoms with Crippen molar-refractivity contribution in [2.24, 2.45) is 11.7 Å². The van der Waals surface area contributed by atoms with Crippen LogP contribution in [-0.4, -0.2) is 45.7 Å². The van der Waals surface area contributed by atoms with Crippen molar-refractivity contribution in [3.63, 3.8) is 0 Å². The van der Waals surface area contributed by atoms with E-state index in [4.69, 9.17) is 21.1 Å². The zero-order chi connectivity index (χ0) is 11.3. The van der Waals surface area contributed by atoms with E-state index in [1.54, 1.807) is 0 Å². The van der Waals surface area contributed by atoms with Gasteiger partial charge in [-0.3, -0.25) is 14.4 Å². The fourth-order valence-electron chi connectivity index (χ4n) is 0.833. The van der Waals surface area contributed by atoms with Gasteiger partial charge in [-0.2, -0.15) is 0 Å². The Morgan fingerprint density at radius 3 is 2.00 bits per heavy atom. The molecule has 7 nitrogen and oxygen atoms in total. The van der Waals surface area contributed by atoms with Crippen LogP contribution in [0.5, 0.6) is 0 Å². The van der Waals surface area contributed by atoms with Crippen LogP contribution in [0.4, 0.5) is 0 Å². The third-order valence-electron chi connectivity index (χ3n) is 1.58. The summed E-state index contributed by atoms with van der Waals surface area (Å²) in [5, 5.41) is 25.3. The lowest BCUT2D eigenvalue weighted by molar-refractivity contribution is -0.152. The van der Waals surface area contributed by atoms with Crippen LogP contribution in [0.2, 0.25) is 0 Å². The smallest absolute Gasteiger partial charge is 0.314 e. The average molecular weight is 205 g/mol. The summed E-state index contributed by atoms with van der Waals surface area (Å²) in [5.74, 6) is -5.64. The minimum Gasteiger partial charge on any atom is -0.481 e. The molecule has 80 valence electrons. The Hall–Kier alpha value is -1.47. The molecule has 0 heterocycles. The number of carbonyl (C=O) groups excluding carboxylic acids is 1. The quantitative estimate of drug-likeness (QED) is 0.369. The number of carboxylic acids is 2. The predicted molar refractivity (Wildman–Crippen MR) is 43.4 cm³/mol. The molecular formula is C7H11NO6. The van der Waals surface area contributed by atoms with Gasteiger partial charge in [-0.05, 0) is 0 Å². The maximum atomic E-state index is 11.1. The van der Waals surface area contributed by atoms with Crippen molar-refractivity contribution in [3.05, 3.63) is 0 Å². The van der Waals surface area contributed by atoms with Gasteiger partial charge in [-0.15, -0.1) is 0 Å². The summed E-state index contributed by atoms with van der Waals surface area (Å²) in [6.07, 6.45) is -0.831. The van der Waals surface area contributed by atoms with Gasteiger partial charge in [-0.1, -0.05) is 0 Å². The van der Waals surface area contributed by atoms with Gasteiger partial charge in [0, 0.05) is 0 Å². The number of carbonyl (C=O) groups is 3. The molecule has 0 radical (unpaired) electrons. The average Bonchev–Trinajstić information content (AvgIpc) is 2.11. The summed E-state index contributed by atoms with van der Waals surface area (Å²) in [6, 6.07) is -1.35. The highest BCUT2D eigenvalue weighted by atomic mass is 16.4. The van der Waals surface area contributed by atoms with Crippen LogP contribution in [0.15, 0.2) is 0 Å². The number of aliphatic hydroxyl groups excluding tert-OH is 1. The summed E-state index contributed by atoms with van der Waals surface area (Å²) in [7, 11) is 0. The van der Waals surface area contributed by atoms with Crippen molar-refractivity contribution in [1.82, 2.24) is 0 Å². The Bertz CT molecular complexity index is 251. The first-order chi connectivity index (χ1) is 6.40. The number of aliphatic carboxylic acids is 2. The molecule has 0 aromatic carbocycles. The summed E-state index contributed by atoms with van der Waals surface area (Å²) in [6.45, 7) is -0.706. The maximum Gasteiger partial charge on any atom is 0.314 e. The van der Waals surface area contributed by atoms with Crippen molar-refractivity contribution in [2.75, 3.05) is 6.61 Å². The van der Waals surface area contributed by atoms with E-state index in [9.17, 15) is 14.4 Å². The summed E-state index contributed by atoms with van der Waals surface area (Å²) >= 11 is 0. The van der Waals surface area contributed by atoms with Gasteiger partial charge >= 0.3 is 11.9 Å². The van der Waals surface area contributed by atoms with E-state index in [2.05, 4.69) is 0 Å². The lowest BCUT2D eigenvalue weighted by Crippen LogP contribution is -2.42. The van der Waals surface area contributed by atoms with Crippen LogP contribution in [0.1, 0.15) is 6.42 Å². The molecule has 1 unspecified atom stereocenters. The minimum atomic E-state index is -1.70. The number of nitrogens with two attached hydrogens (primary N) is 1. The summed E-state index contributed by atoms with van der Waals surface area (Å²) < 4.78 is 0. The number of hydrogen-bond acceptors (Lipinski definition) is 5. The predicted octanol–water partition coefficient (Wildman–Crippen LogP) is -1.95. The lowest BCUT2D eigenvalue weighted by atomic mass is 9.96. The Kier molecular flexibility index (Phi) is 4.74. The van der Waals surface area contributed by atoms with E-state index < -0.39 is 42.7 Å². The van der Waals surface area contributed by atoms with Gasteiger partial charge in [0.05, 0.1) is 19.1 Å². The third kappa shape index (κ3) is 3.50. The van der Waals surface area contributed by atoms with Crippen LogP contribution in [0.25, 0.3) is 0 Å². The van der Waals surface area contributed by atoms with Gasteiger partial charge in [0.1, 0.15) is 5.92 Å². The van der Waals surface area contributed by atoms with Crippen molar-refractivity contribution >= 4 is 17.7 Å². The molecule has 0 spiro atoms. The van der Waals surface area contributed by atoms with Crippen LogP contribution in [-0.2, 0) is 14.4 Å². The third-order valence-corrected chi connectivity index (χ3v) is 1.58. The monoisotopic (exact) mass is 205 g/mol. The number of aliphatic hydroxyl groups is 1. The number of hydrogen-bond donors (Lipinski definition) is 4. The van der Waals surface area contributed by atoms with E-state index in [-0.39, 0.29) is 0 Å². The number of rotatable bonds is 6. The standard InChI is InChI=1S/C7H11NO6/c8-4(2-9)6(12)3(7(13)14)1-5(10)11/h3-4,9H,1-2,8H2,(H,10,11)(H,13,14)/t3?,4-/m0/s1. The van der Waals surface area contributed by atoms with Crippen molar-refractivity contribution in [2.45, 2.75) is 12.5 Å². The molecule has 0 saturated heterocycles. The molecule has 2 atom stereocenters. The molecule has 0 aromatic rings. The van der Waals surface area contributed by atoms with Crippen LogP contribution in [0.3, 0.4) is 0 Å². The zero-order valence-electron chi connectivity index (χ0n) is 7.21. The second-order valence-electron chi connectivity index (χ2n) is 2.68. The first-order valence-electron chi connectivity index (χ1n) is 3.75. The second kappa shape index (κ2) is 5.30. The fourth-order valence-corrected chi connectivity index (χ4v) is 0.833. The number of Topliss-reactive ketones (excluding diaryl/α,β-unsaturated/α-hetero) is 1. The van der Waals surface area contributed by atoms with Crippen molar-refractivity contribution < 1.29 is 29.7 Å². The lowest BCUT2D eigenvalue weighted by Gasteiger charge is -2.12. The zero-order valence-corrected chi connectivity index (χ0v) is 7.21. The highest BCUT2D eigenvalue weighted by molar-refractivity contribution is 6.03. The number of ketones is 1. The fraction of sp³-hybridized carbons (Fsp3) is 0.571. The Morgan fingerprint density at radius 1 is 1.21 bits per heavy atom. The van der Waals surface area contributed by atoms with Crippen LogP contribution in [0, 0.1) is 5.92 Å². The topological polar surface area (TPSA) is 138 Å². The molecule has 7 heteroatoms. The van der Waals surface area contributed by atoms with Crippen LogP contribution < -0.4 is 5.73 Å². The van der Waals surface area contributed by atoms with Crippen molar-refractivity contribution in [3.8, 4) is 0 Å². The molecule has 0 rings (SSSR count). The molecule has 0 aliphatic carbocycles. The molecule has 0 aromatic heterocycles. The molecule has 0 amide bonds.